The normalized spacial score (nSPS) is 12.8. The van der Waals surface area contributed by atoms with E-state index < -0.39 is 0 Å². The van der Waals surface area contributed by atoms with Crippen molar-refractivity contribution >= 4 is 29.9 Å². The smallest absolute Gasteiger partial charge is 0.191 e. The highest BCUT2D eigenvalue weighted by Crippen LogP contribution is 1.98. The van der Waals surface area contributed by atoms with Crippen molar-refractivity contribution in [2.45, 2.75) is 25.9 Å². The third-order valence-corrected chi connectivity index (χ3v) is 2.29. The number of halogens is 1. The van der Waals surface area contributed by atoms with Gasteiger partial charge in [0.15, 0.2) is 5.96 Å². The number of hydrogen-bond donors (Lipinski definition) is 3. The lowest BCUT2D eigenvalue weighted by Gasteiger charge is -2.17. The first kappa shape index (κ1) is 16.2. The first-order chi connectivity index (χ1) is 7.80. The zero-order valence-electron chi connectivity index (χ0n) is 10.1. The molecule has 0 bridgehead atoms. The van der Waals surface area contributed by atoms with Gasteiger partial charge in [-0.3, -0.25) is 4.99 Å². The third kappa shape index (κ3) is 5.92. The predicted molar refractivity (Wildman–Crippen MR) is 78.6 cm³/mol. The topological polar surface area (TPSA) is 69.8 Å². The molecular weight excluding hydrogens is 333 g/mol. The Morgan fingerprint density at radius 2 is 2.35 bits per heavy atom. The Morgan fingerprint density at radius 3 is 2.82 bits per heavy atom. The average Bonchev–Trinajstić information content (AvgIpc) is 2.83. The summed E-state index contributed by atoms with van der Waals surface area (Å²) in [5.74, 6) is 1.51. The molecular formula is C11H20IN3O2. The van der Waals surface area contributed by atoms with Gasteiger partial charge in [0.2, 0.25) is 0 Å². The molecule has 0 spiro atoms. The summed E-state index contributed by atoms with van der Waals surface area (Å²) in [7, 11) is 1.70. The zero-order chi connectivity index (χ0) is 11.8. The van der Waals surface area contributed by atoms with E-state index in [0.717, 1.165) is 12.2 Å². The van der Waals surface area contributed by atoms with Gasteiger partial charge in [-0.05, 0) is 18.6 Å². The molecule has 98 valence electrons. The first-order valence-corrected chi connectivity index (χ1v) is 5.40. The second-order valence-corrected chi connectivity index (χ2v) is 3.44. The summed E-state index contributed by atoms with van der Waals surface area (Å²) in [4.78, 5) is 4.06. The molecule has 0 saturated carbocycles. The highest BCUT2D eigenvalue weighted by Gasteiger charge is 2.06. The maximum absolute atomic E-state index is 9.06. The van der Waals surface area contributed by atoms with Crippen LogP contribution in [0, 0.1) is 0 Å². The van der Waals surface area contributed by atoms with Crippen molar-refractivity contribution in [2.75, 3.05) is 13.7 Å². The summed E-state index contributed by atoms with van der Waals surface area (Å²) >= 11 is 0. The van der Waals surface area contributed by atoms with Crippen molar-refractivity contribution in [3.05, 3.63) is 24.2 Å². The van der Waals surface area contributed by atoms with Crippen LogP contribution >= 0.6 is 24.0 Å². The molecule has 0 amide bonds. The van der Waals surface area contributed by atoms with Crippen molar-refractivity contribution in [1.82, 2.24) is 10.6 Å². The van der Waals surface area contributed by atoms with Crippen LogP contribution < -0.4 is 10.6 Å². The molecule has 1 heterocycles. The minimum Gasteiger partial charge on any atom is -0.467 e. The molecule has 0 aromatic carbocycles. The number of aliphatic imine (C=N–C) groups is 1. The molecule has 5 nitrogen and oxygen atoms in total. The van der Waals surface area contributed by atoms with E-state index in [1.165, 1.54) is 0 Å². The monoisotopic (exact) mass is 353 g/mol. The van der Waals surface area contributed by atoms with Crippen molar-refractivity contribution in [1.29, 1.82) is 0 Å². The van der Waals surface area contributed by atoms with Gasteiger partial charge < -0.3 is 20.2 Å². The van der Waals surface area contributed by atoms with E-state index in [1.807, 2.05) is 19.1 Å². The van der Waals surface area contributed by atoms with Gasteiger partial charge in [-0.15, -0.1) is 24.0 Å². The lowest BCUT2D eigenvalue weighted by Crippen LogP contribution is -2.44. The van der Waals surface area contributed by atoms with E-state index in [1.54, 1.807) is 13.3 Å². The second-order valence-electron chi connectivity index (χ2n) is 3.44. The number of nitrogens with zero attached hydrogens (tertiary/aromatic N) is 1. The summed E-state index contributed by atoms with van der Waals surface area (Å²) in [6.45, 7) is 2.68. The Labute approximate surface area is 119 Å². The van der Waals surface area contributed by atoms with Crippen LogP contribution in [-0.2, 0) is 6.54 Å². The number of aliphatic hydroxyl groups is 1. The van der Waals surface area contributed by atoms with E-state index in [9.17, 15) is 0 Å². The van der Waals surface area contributed by atoms with Gasteiger partial charge in [-0.2, -0.15) is 0 Å². The van der Waals surface area contributed by atoms with Gasteiger partial charge in [-0.1, -0.05) is 6.92 Å². The molecule has 0 aliphatic rings. The molecule has 0 saturated heterocycles. The minimum absolute atomic E-state index is 0. The minimum atomic E-state index is 0. The summed E-state index contributed by atoms with van der Waals surface area (Å²) in [6.07, 6.45) is 2.48. The Hall–Kier alpha value is -0.760. The summed E-state index contributed by atoms with van der Waals surface area (Å²) in [6, 6.07) is 3.77. The van der Waals surface area contributed by atoms with Crippen molar-refractivity contribution in [3.8, 4) is 0 Å². The second kappa shape index (κ2) is 9.29. The fraction of sp³-hybridized carbons (Fsp3) is 0.545. The average molecular weight is 353 g/mol. The molecule has 0 aliphatic heterocycles. The van der Waals surface area contributed by atoms with Crippen LogP contribution in [0.1, 0.15) is 19.1 Å². The number of guanidine groups is 1. The van der Waals surface area contributed by atoms with E-state index in [4.69, 9.17) is 9.52 Å². The highest BCUT2D eigenvalue weighted by molar-refractivity contribution is 14.0. The van der Waals surface area contributed by atoms with Crippen molar-refractivity contribution < 1.29 is 9.52 Å². The molecule has 0 radical (unpaired) electrons. The highest BCUT2D eigenvalue weighted by atomic mass is 127. The van der Waals surface area contributed by atoms with Crippen LogP contribution in [0.4, 0.5) is 0 Å². The first-order valence-electron chi connectivity index (χ1n) is 5.40. The number of furan rings is 1. The quantitative estimate of drug-likeness (QED) is 0.425. The van der Waals surface area contributed by atoms with Gasteiger partial charge >= 0.3 is 0 Å². The van der Waals surface area contributed by atoms with E-state index in [0.29, 0.717) is 12.5 Å². The molecule has 17 heavy (non-hydrogen) atoms. The molecule has 0 unspecified atom stereocenters. The molecule has 3 N–H and O–H groups in total. The number of hydrogen-bond acceptors (Lipinski definition) is 3. The molecule has 1 rings (SSSR count). The Balaban J connectivity index is 0.00000256. The lowest BCUT2D eigenvalue weighted by atomic mass is 10.2. The fourth-order valence-corrected chi connectivity index (χ4v) is 1.25. The number of aliphatic hydroxyl groups excluding tert-OH is 1. The predicted octanol–water partition coefficient (Wildman–Crippen LogP) is 1.33. The van der Waals surface area contributed by atoms with Crippen molar-refractivity contribution in [2.24, 2.45) is 4.99 Å². The fourth-order valence-electron chi connectivity index (χ4n) is 1.25. The summed E-state index contributed by atoms with van der Waals surface area (Å²) in [5, 5.41) is 15.3. The van der Waals surface area contributed by atoms with Crippen LogP contribution in [0.5, 0.6) is 0 Å². The maximum Gasteiger partial charge on any atom is 0.191 e. The van der Waals surface area contributed by atoms with E-state index in [2.05, 4.69) is 15.6 Å². The van der Waals surface area contributed by atoms with Gasteiger partial charge in [-0.25, -0.2) is 0 Å². The molecule has 1 atom stereocenters. The Bertz CT molecular complexity index is 311. The van der Waals surface area contributed by atoms with Crippen molar-refractivity contribution in [3.63, 3.8) is 0 Å². The standard InChI is InChI=1S/C11H19N3O2.HI/c1-3-9(8-15)14-11(12-2)13-7-10-5-4-6-16-10;/h4-6,9,15H,3,7-8H2,1-2H3,(H2,12,13,14);1H/t9-;/m1./s1. The largest absolute Gasteiger partial charge is 0.467 e. The molecule has 0 aliphatic carbocycles. The van der Waals surface area contributed by atoms with E-state index >= 15 is 0 Å². The molecule has 1 aromatic rings. The number of nitrogens with one attached hydrogen (secondary N) is 2. The Morgan fingerprint density at radius 1 is 1.59 bits per heavy atom. The van der Waals surface area contributed by atoms with Gasteiger partial charge in [0, 0.05) is 7.05 Å². The van der Waals surface area contributed by atoms with Crippen LogP contribution in [0.3, 0.4) is 0 Å². The van der Waals surface area contributed by atoms with Crippen LogP contribution in [0.2, 0.25) is 0 Å². The SMILES string of the molecule is CC[C@H](CO)NC(=NC)NCc1ccco1.I. The van der Waals surface area contributed by atoms with Gasteiger partial charge in [0.1, 0.15) is 5.76 Å². The molecule has 1 aromatic heterocycles. The van der Waals surface area contributed by atoms with Gasteiger partial charge in [0.25, 0.3) is 0 Å². The van der Waals surface area contributed by atoms with Crippen LogP contribution in [-0.4, -0.2) is 30.8 Å². The summed E-state index contributed by atoms with van der Waals surface area (Å²) < 4.78 is 5.19. The molecule has 6 heteroatoms. The Kier molecular flexibility index (Phi) is 8.87. The number of rotatable bonds is 5. The van der Waals surface area contributed by atoms with Gasteiger partial charge in [0.05, 0.1) is 25.5 Å². The maximum atomic E-state index is 9.06. The van der Waals surface area contributed by atoms with Crippen LogP contribution in [0.15, 0.2) is 27.8 Å². The third-order valence-electron chi connectivity index (χ3n) is 2.29. The summed E-state index contributed by atoms with van der Waals surface area (Å²) in [5.41, 5.74) is 0. The lowest BCUT2D eigenvalue weighted by molar-refractivity contribution is 0.251. The van der Waals surface area contributed by atoms with Crippen LogP contribution in [0.25, 0.3) is 0 Å². The zero-order valence-corrected chi connectivity index (χ0v) is 12.5. The van der Waals surface area contributed by atoms with E-state index in [-0.39, 0.29) is 36.6 Å². The molecule has 0 fully saturated rings.